The molecule has 1 atom stereocenters. The molecule has 8 aromatic rings. The van der Waals surface area contributed by atoms with Crippen LogP contribution >= 0.6 is 22.6 Å². The minimum Gasteiger partial charge on any atom is -0.456 e. The summed E-state index contributed by atoms with van der Waals surface area (Å²) in [5.74, 6) is 0.687. The number of anilines is 3. The van der Waals surface area contributed by atoms with Gasteiger partial charge in [0.25, 0.3) is 0 Å². The molecule has 1 aliphatic heterocycles. The summed E-state index contributed by atoms with van der Waals surface area (Å²) in [6.07, 6.45) is 0. The molecule has 51 heavy (non-hydrogen) atoms. The molecule has 0 amide bonds. The van der Waals surface area contributed by atoms with E-state index in [1.54, 1.807) is 0 Å². The van der Waals surface area contributed by atoms with Crippen LogP contribution in [-0.4, -0.2) is 9.55 Å². The van der Waals surface area contributed by atoms with Gasteiger partial charge in [-0.25, -0.2) is 4.99 Å². The van der Waals surface area contributed by atoms with E-state index in [2.05, 4.69) is 174 Å². The van der Waals surface area contributed by atoms with Crippen molar-refractivity contribution in [2.24, 2.45) is 9.98 Å². The highest BCUT2D eigenvalue weighted by Gasteiger charge is 2.21. The maximum atomic E-state index is 6.62. The van der Waals surface area contributed by atoms with E-state index in [-0.39, 0.29) is 6.04 Å². The van der Waals surface area contributed by atoms with E-state index in [1.807, 2.05) is 30.3 Å². The van der Waals surface area contributed by atoms with E-state index in [0.29, 0.717) is 5.84 Å². The van der Waals surface area contributed by atoms with Crippen LogP contribution in [0.4, 0.5) is 17.1 Å². The predicted molar refractivity (Wildman–Crippen MR) is 221 cm³/mol. The molecule has 2 heterocycles. The van der Waals surface area contributed by atoms with Crippen LogP contribution in [0.2, 0.25) is 0 Å². The molecule has 244 valence electrons. The van der Waals surface area contributed by atoms with E-state index in [9.17, 15) is 0 Å². The molecule has 5 heteroatoms. The molecule has 8 bridgehead atoms. The number of halogens is 1. The Kier molecular flexibility index (Phi) is 8.05. The monoisotopic (exact) mass is 769 g/mol. The van der Waals surface area contributed by atoms with Crippen molar-refractivity contribution < 1.29 is 4.42 Å². The summed E-state index contributed by atoms with van der Waals surface area (Å²) in [6, 6.07) is 59.6. The van der Waals surface area contributed by atoms with Gasteiger partial charge in [-0.2, -0.15) is 0 Å². The SMILES string of the molecule is CC1N=C(N=C(I)c2ccccc2)c2cccc(c2)-c2cc(cc3oc4ccccc4c23)N(c2ccccc2)c2cccc(c2)-c2cccc1c2. The second-order valence-electron chi connectivity index (χ2n) is 12.8. The molecule has 1 unspecified atom stereocenters. The predicted octanol–water partition coefficient (Wildman–Crippen LogP) is 13.1. The van der Waals surface area contributed by atoms with Gasteiger partial charge in [-0.15, -0.1) is 0 Å². The van der Waals surface area contributed by atoms with Gasteiger partial charge in [-0.1, -0.05) is 115 Å². The molecule has 0 aliphatic carbocycles. The Hall–Kier alpha value is -5.79. The molecule has 0 radical (unpaired) electrons. The van der Waals surface area contributed by atoms with Gasteiger partial charge in [0.2, 0.25) is 0 Å². The highest BCUT2D eigenvalue weighted by molar-refractivity contribution is 14.1. The first kappa shape index (κ1) is 31.2. The standard InChI is InChI=1S/C46H32IN3O/c1-30-32-15-10-16-33(25-32)34-17-12-22-38(27-34)50(37-20-6-3-7-21-37)39-28-41(44-40-23-8-9-24-42(40)51-43(44)29-39)35-18-11-19-36(26-35)46(48-30)49-45(47)31-13-4-2-5-14-31/h2-30H,1H3. The molecule has 0 saturated carbocycles. The molecule has 1 aromatic heterocycles. The van der Waals surface area contributed by atoms with Gasteiger partial charge in [0.15, 0.2) is 5.84 Å². The van der Waals surface area contributed by atoms with Crippen molar-refractivity contribution in [1.29, 1.82) is 0 Å². The molecule has 7 aromatic carbocycles. The van der Waals surface area contributed by atoms with E-state index in [0.717, 1.165) is 81.7 Å². The van der Waals surface area contributed by atoms with Crippen LogP contribution in [-0.2, 0) is 0 Å². The van der Waals surface area contributed by atoms with Gasteiger partial charge in [0.05, 0.1) is 11.7 Å². The lowest BCUT2D eigenvalue weighted by Gasteiger charge is -2.27. The Morgan fingerprint density at radius 1 is 0.588 bits per heavy atom. The molecule has 0 fully saturated rings. The number of hydrogen-bond donors (Lipinski definition) is 0. The Morgan fingerprint density at radius 2 is 1.25 bits per heavy atom. The zero-order valence-electron chi connectivity index (χ0n) is 27.9. The van der Waals surface area contributed by atoms with Crippen LogP contribution in [0.15, 0.2) is 184 Å². The van der Waals surface area contributed by atoms with E-state index < -0.39 is 0 Å². The van der Waals surface area contributed by atoms with E-state index >= 15 is 0 Å². The summed E-state index contributed by atoms with van der Waals surface area (Å²) < 4.78 is 7.50. The number of fused-ring (bicyclic) bond motifs is 14. The normalized spacial score (nSPS) is 14.5. The van der Waals surface area contributed by atoms with E-state index in [4.69, 9.17) is 14.4 Å². The number of hydrogen-bond acceptors (Lipinski definition) is 4. The summed E-state index contributed by atoms with van der Waals surface area (Å²) in [5, 5.41) is 2.17. The third-order valence-corrected chi connectivity index (χ3v) is 10.4. The largest absolute Gasteiger partial charge is 0.456 e. The van der Waals surface area contributed by atoms with Crippen LogP contribution in [0.25, 0.3) is 44.2 Å². The Morgan fingerprint density at radius 3 is 2.10 bits per heavy atom. The maximum Gasteiger partial charge on any atom is 0.156 e. The Labute approximate surface area is 310 Å². The second-order valence-corrected chi connectivity index (χ2v) is 13.8. The molecule has 9 rings (SSSR count). The van der Waals surface area contributed by atoms with Gasteiger partial charge in [0, 0.05) is 39.3 Å². The molecular weight excluding hydrogens is 737 g/mol. The van der Waals surface area contributed by atoms with E-state index in [1.165, 1.54) is 0 Å². The average Bonchev–Trinajstić information content (AvgIpc) is 3.57. The zero-order chi connectivity index (χ0) is 34.3. The summed E-state index contributed by atoms with van der Waals surface area (Å²) in [5.41, 5.74) is 12.4. The van der Waals surface area contributed by atoms with Crippen molar-refractivity contribution in [2.75, 3.05) is 4.90 Å². The highest BCUT2D eigenvalue weighted by Crippen LogP contribution is 2.44. The minimum absolute atomic E-state index is 0.142. The third kappa shape index (κ3) is 5.93. The van der Waals surface area contributed by atoms with Gasteiger partial charge in [-0.3, -0.25) is 4.99 Å². The summed E-state index contributed by atoms with van der Waals surface area (Å²) >= 11 is 2.33. The number of rotatable bonds is 2. The number of aliphatic imine (C=N–C) groups is 2. The van der Waals surface area contributed by atoms with Gasteiger partial charge in [0.1, 0.15) is 14.9 Å². The molecule has 0 N–H and O–H groups in total. The fraction of sp³-hybridized carbons (Fsp3) is 0.0435. The number of amidine groups is 1. The van der Waals surface area contributed by atoms with Crippen molar-refractivity contribution in [3.63, 3.8) is 0 Å². The third-order valence-electron chi connectivity index (χ3n) is 9.51. The molecular formula is C46H32IN3O. The van der Waals surface area contributed by atoms with Gasteiger partial charge in [-0.05, 0) is 106 Å². The summed E-state index contributed by atoms with van der Waals surface area (Å²) in [4.78, 5) is 12.9. The molecule has 1 aliphatic rings. The number of benzene rings is 7. The first-order valence-electron chi connectivity index (χ1n) is 17.1. The minimum atomic E-state index is -0.142. The zero-order valence-corrected chi connectivity index (χ0v) is 30.0. The summed E-state index contributed by atoms with van der Waals surface area (Å²) in [7, 11) is 0. The number of para-hydroxylation sites is 2. The maximum absolute atomic E-state index is 6.62. The fourth-order valence-electron chi connectivity index (χ4n) is 7.01. The Balaban J connectivity index is 1.37. The van der Waals surface area contributed by atoms with Crippen LogP contribution in [0.3, 0.4) is 0 Å². The average molecular weight is 770 g/mol. The van der Waals surface area contributed by atoms with Gasteiger partial charge >= 0.3 is 0 Å². The number of furan rings is 1. The summed E-state index contributed by atoms with van der Waals surface area (Å²) in [6.45, 7) is 2.15. The van der Waals surface area contributed by atoms with Gasteiger partial charge < -0.3 is 9.32 Å². The fourth-order valence-corrected chi connectivity index (χ4v) is 7.60. The van der Waals surface area contributed by atoms with Crippen LogP contribution in [0.1, 0.15) is 29.7 Å². The topological polar surface area (TPSA) is 41.1 Å². The van der Waals surface area contributed by atoms with Crippen molar-refractivity contribution in [2.45, 2.75) is 13.0 Å². The lowest BCUT2D eigenvalue weighted by atomic mass is 9.95. The van der Waals surface area contributed by atoms with Crippen molar-refractivity contribution in [3.8, 4) is 22.3 Å². The van der Waals surface area contributed by atoms with Crippen molar-refractivity contribution >= 4 is 71.1 Å². The second kappa shape index (κ2) is 13.2. The smallest absolute Gasteiger partial charge is 0.156 e. The van der Waals surface area contributed by atoms with Crippen LogP contribution < -0.4 is 4.90 Å². The van der Waals surface area contributed by atoms with Crippen LogP contribution in [0.5, 0.6) is 0 Å². The molecule has 0 spiro atoms. The number of nitrogens with zero attached hydrogens (tertiary/aromatic N) is 3. The van der Waals surface area contributed by atoms with Crippen molar-refractivity contribution in [1.82, 2.24) is 0 Å². The van der Waals surface area contributed by atoms with Crippen molar-refractivity contribution in [3.05, 3.63) is 187 Å². The Bertz CT molecular complexity index is 2620. The quantitative estimate of drug-likeness (QED) is 0.130. The lowest BCUT2D eigenvalue weighted by Crippen LogP contribution is -2.10. The lowest BCUT2D eigenvalue weighted by molar-refractivity contribution is 0.669. The first-order chi connectivity index (χ1) is 25.1. The van der Waals surface area contributed by atoms with Crippen LogP contribution in [0, 0.1) is 0 Å². The molecule has 4 nitrogen and oxygen atoms in total. The highest BCUT2D eigenvalue weighted by atomic mass is 127. The molecule has 0 saturated heterocycles. The first-order valence-corrected chi connectivity index (χ1v) is 18.2.